The number of aromatic nitrogens is 1. The summed E-state index contributed by atoms with van der Waals surface area (Å²) >= 11 is 0. The van der Waals surface area contributed by atoms with Crippen molar-refractivity contribution >= 4 is 10.9 Å². The summed E-state index contributed by atoms with van der Waals surface area (Å²) in [6.07, 6.45) is 0. The summed E-state index contributed by atoms with van der Waals surface area (Å²) in [5.74, 6) is 1.47. The van der Waals surface area contributed by atoms with Crippen LogP contribution in [-0.4, -0.2) is 23.3 Å². The van der Waals surface area contributed by atoms with Gasteiger partial charge in [0, 0.05) is 5.39 Å². The minimum atomic E-state index is 0.00584. The fourth-order valence-electron chi connectivity index (χ4n) is 2.14. The van der Waals surface area contributed by atoms with Crippen molar-refractivity contribution in [3.05, 3.63) is 66.4 Å². The van der Waals surface area contributed by atoms with E-state index in [2.05, 4.69) is 4.98 Å². The summed E-state index contributed by atoms with van der Waals surface area (Å²) in [6, 6.07) is 19.4. The van der Waals surface area contributed by atoms with Gasteiger partial charge in [-0.3, -0.25) is 0 Å². The maximum Gasteiger partial charge on any atom is 0.130 e. The molecule has 0 aliphatic carbocycles. The number of aliphatic hydroxyl groups excluding tert-OH is 1. The maximum absolute atomic E-state index is 8.71. The third-order valence-corrected chi connectivity index (χ3v) is 3.23. The third kappa shape index (κ3) is 3.54. The Labute approximate surface area is 129 Å². The Morgan fingerprint density at radius 2 is 1.55 bits per heavy atom. The van der Waals surface area contributed by atoms with Crippen LogP contribution in [-0.2, 0) is 6.61 Å². The van der Waals surface area contributed by atoms with Gasteiger partial charge in [0.1, 0.15) is 24.7 Å². The van der Waals surface area contributed by atoms with E-state index < -0.39 is 0 Å². The summed E-state index contributed by atoms with van der Waals surface area (Å²) in [6.45, 7) is 0.717. The van der Waals surface area contributed by atoms with Gasteiger partial charge >= 0.3 is 0 Å². The molecule has 0 amide bonds. The van der Waals surface area contributed by atoms with Gasteiger partial charge in [0.25, 0.3) is 0 Å². The third-order valence-electron chi connectivity index (χ3n) is 3.23. The van der Waals surface area contributed by atoms with E-state index in [0.717, 1.165) is 22.3 Å². The Hall–Kier alpha value is -2.59. The number of ether oxygens (including phenoxy) is 2. The van der Waals surface area contributed by atoms with E-state index in [1.807, 2.05) is 60.7 Å². The van der Waals surface area contributed by atoms with Gasteiger partial charge in [0.2, 0.25) is 0 Å². The molecule has 0 fully saturated rings. The van der Waals surface area contributed by atoms with Crippen molar-refractivity contribution in [3.63, 3.8) is 0 Å². The van der Waals surface area contributed by atoms with Crippen molar-refractivity contribution in [2.75, 3.05) is 13.2 Å². The van der Waals surface area contributed by atoms with E-state index in [1.54, 1.807) is 0 Å². The molecule has 0 atom stereocenters. The molecule has 0 spiro atoms. The first-order chi connectivity index (χ1) is 10.8. The molecule has 3 aromatic rings. The van der Waals surface area contributed by atoms with Gasteiger partial charge in [0.15, 0.2) is 0 Å². The number of hydrogen-bond donors (Lipinski definition) is 1. The largest absolute Gasteiger partial charge is 0.491 e. The van der Waals surface area contributed by atoms with Crippen molar-refractivity contribution in [1.29, 1.82) is 0 Å². The number of fused-ring (bicyclic) bond motifs is 1. The van der Waals surface area contributed by atoms with E-state index >= 15 is 0 Å². The second-order valence-corrected chi connectivity index (χ2v) is 4.83. The summed E-state index contributed by atoms with van der Waals surface area (Å²) in [5, 5.41) is 9.83. The van der Waals surface area contributed by atoms with Crippen LogP contribution in [0.2, 0.25) is 0 Å². The fourth-order valence-corrected chi connectivity index (χ4v) is 2.14. The van der Waals surface area contributed by atoms with E-state index in [-0.39, 0.29) is 6.61 Å². The molecule has 0 saturated heterocycles. The maximum atomic E-state index is 8.71. The van der Waals surface area contributed by atoms with Crippen molar-refractivity contribution in [1.82, 2.24) is 4.98 Å². The molecule has 1 N–H and O–H groups in total. The molecule has 0 saturated carbocycles. The number of benzene rings is 2. The summed E-state index contributed by atoms with van der Waals surface area (Å²) in [4.78, 5) is 4.57. The molecule has 4 heteroatoms. The highest BCUT2D eigenvalue weighted by Crippen LogP contribution is 2.19. The molecule has 0 radical (unpaired) electrons. The van der Waals surface area contributed by atoms with Crippen LogP contribution in [0.15, 0.2) is 60.7 Å². The van der Waals surface area contributed by atoms with Gasteiger partial charge in [-0.1, -0.05) is 24.3 Å². The molecule has 0 aliphatic heterocycles. The molecule has 112 valence electrons. The molecule has 4 nitrogen and oxygen atoms in total. The highest BCUT2D eigenvalue weighted by molar-refractivity contribution is 5.78. The van der Waals surface area contributed by atoms with Crippen LogP contribution in [0, 0.1) is 0 Å². The highest BCUT2D eigenvalue weighted by atomic mass is 16.5. The van der Waals surface area contributed by atoms with Gasteiger partial charge < -0.3 is 14.6 Å². The molecular formula is C18H17NO3. The SMILES string of the molecule is OCCOc1ccc(OCc2ccc3ccccc3n2)cc1. The molecule has 2 aromatic carbocycles. The molecule has 0 aliphatic rings. The Bertz CT molecular complexity index is 741. The molecule has 3 rings (SSSR count). The lowest BCUT2D eigenvalue weighted by molar-refractivity contribution is 0.201. The second kappa shape index (κ2) is 6.91. The average Bonchev–Trinajstić information content (AvgIpc) is 2.59. The fraction of sp³-hybridized carbons (Fsp3) is 0.167. The topological polar surface area (TPSA) is 51.6 Å². The first-order valence-electron chi connectivity index (χ1n) is 7.16. The predicted molar refractivity (Wildman–Crippen MR) is 85.1 cm³/mol. The molecule has 1 heterocycles. The Balaban J connectivity index is 1.63. The van der Waals surface area contributed by atoms with E-state index in [1.165, 1.54) is 0 Å². The number of pyridine rings is 1. The predicted octanol–water partition coefficient (Wildman–Crippen LogP) is 3.18. The lowest BCUT2D eigenvalue weighted by atomic mass is 10.2. The number of para-hydroxylation sites is 1. The van der Waals surface area contributed by atoms with Gasteiger partial charge in [-0.2, -0.15) is 0 Å². The van der Waals surface area contributed by atoms with E-state index in [0.29, 0.717) is 19.0 Å². The lowest BCUT2D eigenvalue weighted by Crippen LogP contribution is -2.01. The Morgan fingerprint density at radius 3 is 2.32 bits per heavy atom. The zero-order valence-corrected chi connectivity index (χ0v) is 12.1. The quantitative estimate of drug-likeness (QED) is 0.759. The molecular weight excluding hydrogens is 278 g/mol. The molecule has 0 unspecified atom stereocenters. The molecule has 1 aromatic heterocycles. The number of hydrogen-bond acceptors (Lipinski definition) is 4. The van der Waals surface area contributed by atoms with Gasteiger partial charge in [-0.25, -0.2) is 4.98 Å². The molecule has 0 bridgehead atoms. The minimum absolute atomic E-state index is 0.00584. The van der Waals surface area contributed by atoms with Crippen molar-refractivity contribution in [3.8, 4) is 11.5 Å². The number of rotatable bonds is 6. The van der Waals surface area contributed by atoms with Crippen molar-refractivity contribution < 1.29 is 14.6 Å². The van der Waals surface area contributed by atoms with Gasteiger partial charge in [-0.05, 0) is 36.4 Å². The van der Waals surface area contributed by atoms with E-state index in [9.17, 15) is 0 Å². The Morgan fingerprint density at radius 1 is 0.818 bits per heavy atom. The van der Waals surface area contributed by atoms with Crippen LogP contribution in [0.1, 0.15) is 5.69 Å². The number of aliphatic hydroxyl groups is 1. The Kier molecular flexibility index (Phi) is 4.51. The monoisotopic (exact) mass is 295 g/mol. The normalized spacial score (nSPS) is 10.6. The van der Waals surface area contributed by atoms with Crippen LogP contribution >= 0.6 is 0 Å². The average molecular weight is 295 g/mol. The van der Waals surface area contributed by atoms with Crippen LogP contribution in [0.4, 0.5) is 0 Å². The smallest absolute Gasteiger partial charge is 0.130 e. The lowest BCUT2D eigenvalue weighted by Gasteiger charge is -2.08. The highest BCUT2D eigenvalue weighted by Gasteiger charge is 2.00. The number of nitrogens with zero attached hydrogens (tertiary/aromatic N) is 1. The van der Waals surface area contributed by atoms with Crippen LogP contribution in [0.5, 0.6) is 11.5 Å². The van der Waals surface area contributed by atoms with Crippen LogP contribution in [0.3, 0.4) is 0 Å². The van der Waals surface area contributed by atoms with Crippen LogP contribution in [0.25, 0.3) is 10.9 Å². The van der Waals surface area contributed by atoms with Gasteiger partial charge in [-0.15, -0.1) is 0 Å². The summed E-state index contributed by atoms with van der Waals surface area (Å²) in [5.41, 5.74) is 1.86. The standard InChI is InChI=1S/C18H17NO3/c20-11-12-21-16-7-9-17(10-8-16)22-13-15-6-5-14-3-1-2-4-18(14)19-15/h1-10,20H,11-13H2. The first kappa shape index (κ1) is 14.4. The van der Waals surface area contributed by atoms with Crippen LogP contribution < -0.4 is 9.47 Å². The summed E-state index contributed by atoms with van der Waals surface area (Å²) in [7, 11) is 0. The first-order valence-corrected chi connectivity index (χ1v) is 7.16. The zero-order valence-electron chi connectivity index (χ0n) is 12.1. The van der Waals surface area contributed by atoms with Crippen molar-refractivity contribution in [2.45, 2.75) is 6.61 Å². The van der Waals surface area contributed by atoms with Crippen molar-refractivity contribution in [2.24, 2.45) is 0 Å². The van der Waals surface area contributed by atoms with E-state index in [4.69, 9.17) is 14.6 Å². The van der Waals surface area contributed by atoms with Gasteiger partial charge in [0.05, 0.1) is 17.8 Å². The molecule has 22 heavy (non-hydrogen) atoms. The summed E-state index contributed by atoms with van der Waals surface area (Å²) < 4.78 is 11.0. The minimum Gasteiger partial charge on any atom is -0.491 e. The second-order valence-electron chi connectivity index (χ2n) is 4.83. The zero-order chi connectivity index (χ0) is 15.2.